The van der Waals surface area contributed by atoms with Gasteiger partial charge in [-0.05, 0) is 56.3 Å². The van der Waals surface area contributed by atoms with Crippen molar-refractivity contribution in [1.29, 1.82) is 0 Å². The molecule has 2 N–H and O–H groups in total. The van der Waals surface area contributed by atoms with Crippen molar-refractivity contribution in [3.05, 3.63) is 54.1 Å². The van der Waals surface area contributed by atoms with E-state index in [1.54, 1.807) is 41.1 Å². The smallest absolute Gasteiger partial charge is 0.304 e. The van der Waals surface area contributed by atoms with Crippen LogP contribution in [0.4, 0.5) is 17.1 Å². The van der Waals surface area contributed by atoms with Gasteiger partial charge in [0.05, 0.1) is 37.3 Å². The van der Waals surface area contributed by atoms with E-state index in [1.807, 2.05) is 37.3 Å². The first kappa shape index (κ1) is 30.4. The number of carbonyl (C=O) groups excluding carboxylic acids is 4. The van der Waals surface area contributed by atoms with Gasteiger partial charge in [-0.15, -0.1) is 0 Å². The monoisotopic (exact) mass is 621 g/mol. The van der Waals surface area contributed by atoms with Crippen molar-refractivity contribution in [2.75, 3.05) is 23.0 Å². The van der Waals surface area contributed by atoms with E-state index in [9.17, 15) is 29.1 Å². The van der Waals surface area contributed by atoms with Crippen LogP contribution in [0.3, 0.4) is 0 Å². The van der Waals surface area contributed by atoms with Gasteiger partial charge in [0.1, 0.15) is 0 Å². The van der Waals surface area contributed by atoms with Crippen molar-refractivity contribution in [2.45, 2.75) is 82.1 Å². The number of nitrogens with zero attached hydrogens (tertiary/aromatic N) is 3. The maximum Gasteiger partial charge on any atom is 0.304 e. The second-order valence-corrected chi connectivity index (χ2v) is 16.8. The molecule has 0 aliphatic carbocycles. The standard InChI is InChI=1S/C32H39N3O8Si/c1-19-30(44(3,4)41)26(16-27(38)33-14-8-11-23(33)18-36)43-32(19)24-15-22(35-28(39)17-29(35)42-20(2)37)12-13-25(24)34(31(32)40)21-9-6-5-7-10-21/h5-7,9-10,12-13,15,19,23,26,29-30,36,41H,8,11,14,16-18H2,1-4H3/t19-,23-,26+,29?,30-,32+/m0/s1. The highest BCUT2D eigenvalue weighted by Gasteiger charge is 2.67. The third-order valence-electron chi connectivity index (χ3n) is 9.66. The summed E-state index contributed by atoms with van der Waals surface area (Å²) in [7, 11) is -3.04. The Balaban J connectivity index is 1.45. The lowest BCUT2D eigenvalue weighted by molar-refractivity contribution is -0.154. The van der Waals surface area contributed by atoms with Gasteiger partial charge in [0.2, 0.25) is 11.8 Å². The Morgan fingerprint density at radius 1 is 1.11 bits per heavy atom. The predicted molar refractivity (Wildman–Crippen MR) is 163 cm³/mol. The number of rotatable bonds is 7. The fourth-order valence-corrected chi connectivity index (χ4v) is 10.4. The number of aliphatic hydroxyl groups is 1. The molecule has 0 aromatic heterocycles. The molecule has 12 heteroatoms. The Labute approximate surface area is 257 Å². The molecule has 3 amide bonds. The summed E-state index contributed by atoms with van der Waals surface area (Å²) in [6.45, 7) is 7.21. The molecule has 44 heavy (non-hydrogen) atoms. The molecule has 0 bridgehead atoms. The topological polar surface area (TPSA) is 137 Å². The number of fused-ring (bicyclic) bond motifs is 2. The van der Waals surface area contributed by atoms with E-state index >= 15 is 0 Å². The van der Waals surface area contributed by atoms with E-state index in [1.165, 1.54) is 11.8 Å². The van der Waals surface area contributed by atoms with Crippen LogP contribution in [0, 0.1) is 5.92 Å². The van der Waals surface area contributed by atoms with Gasteiger partial charge in [-0.1, -0.05) is 25.1 Å². The SMILES string of the molecule is CC(=O)OC1CC(=O)N1c1ccc2c(c1)[C@@]1(O[C@H](CC(=O)N3CCC[C@H]3CO)[C@@H]([Si](C)(C)O)[C@@H]1C)C(=O)N2c1ccccc1. The van der Waals surface area contributed by atoms with Gasteiger partial charge < -0.3 is 24.3 Å². The van der Waals surface area contributed by atoms with Gasteiger partial charge in [-0.2, -0.15) is 0 Å². The van der Waals surface area contributed by atoms with E-state index in [0.29, 0.717) is 29.2 Å². The molecule has 4 aliphatic heterocycles. The van der Waals surface area contributed by atoms with Gasteiger partial charge in [0.25, 0.3) is 5.91 Å². The molecule has 4 aliphatic rings. The van der Waals surface area contributed by atoms with Gasteiger partial charge in [-0.25, -0.2) is 0 Å². The van der Waals surface area contributed by atoms with Crippen molar-refractivity contribution in [2.24, 2.45) is 5.92 Å². The van der Waals surface area contributed by atoms with Crippen LogP contribution in [0.15, 0.2) is 48.5 Å². The Morgan fingerprint density at radius 2 is 1.84 bits per heavy atom. The number of hydrogen-bond acceptors (Lipinski definition) is 8. The Morgan fingerprint density at radius 3 is 2.48 bits per heavy atom. The maximum atomic E-state index is 14.8. The van der Waals surface area contributed by atoms with Crippen LogP contribution in [0.2, 0.25) is 18.6 Å². The van der Waals surface area contributed by atoms with Crippen LogP contribution >= 0.6 is 0 Å². The number of amides is 3. The van der Waals surface area contributed by atoms with Gasteiger partial charge in [0.15, 0.2) is 20.1 Å². The number of aliphatic hydroxyl groups excluding tert-OH is 1. The third-order valence-corrected chi connectivity index (χ3v) is 12.2. The van der Waals surface area contributed by atoms with Crippen LogP contribution in [0.25, 0.3) is 0 Å². The summed E-state index contributed by atoms with van der Waals surface area (Å²) < 4.78 is 12.2. The van der Waals surface area contributed by atoms with E-state index in [-0.39, 0.29) is 43.2 Å². The number of β-lactam (4-membered cyclic amide) rings is 1. The van der Waals surface area contributed by atoms with E-state index in [2.05, 4.69) is 0 Å². The molecule has 0 radical (unpaired) electrons. The zero-order valence-corrected chi connectivity index (χ0v) is 26.4. The molecule has 6 rings (SSSR count). The highest BCUT2D eigenvalue weighted by molar-refractivity contribution is 6.71. The van der Waals surface area contributed by atoms with Crippen LogP contribution in [0.1, 0.15) is 45.1 Å². The van der Waals surface area contributed by atoms with Gasteiger partial charge in [0, 0.05) is 41.9 Å². The molecule has 3 saturated heterocycles. The minimum absolute atomic E-state index is 0.0307. The first-order valence-electron chi connectivity index (χ1n) is 15.2. The minimum atomic E-state index is -3.04. The molecular weight excluding hydrogens is 582 g/mol. The number of para-hydroxylation sites is 1. The quantitative estimate of drug-likeness (QED) is 0.273. The van der Waals surface area contributed by atoms with Crippen molar-refractivity contribution >= 4 is 49.1 Å². The predicted octanol–water partition coefficient (Wildman–Crippen LogP) is 3.16. The van der Waals surface area contributed by atoms with Crippen LogP contribution in [0.5, 0.6) is 0 Å². The number of hydrogen-bond donors (Lipinski definition) is 2. The Bertz CT molecular complexity index is 1500. The van der Waals surface area contributed by atoms with Crippen LogP contribution in [-0.4, -0.2) is 78.3 Å². The molecule has 1 spiro atoms. The molecule has 234 valence electrons. The summed E-state index contributed by atoms with van der Waals surface area (Å²) in [6, 6.07) is 14.2. The summed E-state index contributed by atoms with van der Waals surface area (Å²) in [5, 5.41) is 9.84. The second kappa shape index (κ2) is 11.1. The van der Waals surface area contributed by atoms with Gasteiger partial charge >= 0.3 is 5.97 Å². The lowest BCUT2D eigenvalue weighted by atomic mass is 9.82. The average molecular weight is 622 g/mol. The lowest BCUT2D eigenvalue weighted by Gasteiger charge is -2.39. The van der Waals surface area contributed by atoms with Gasteiger partial charge in [-0.3, -0.25) is 29.0 Å². The summed E-state index contributed by atoms with van der Waals surface area (Å²) >= 11 is 0. The third kappa shape index (κ3) is 4.75. The largest absolute Gasteiger partial charge is 0.441 e. The van der Waals surface area contributed by atoms with Crippen molar-refractivity contribution in [3.8, 4) is 0 Å². The summed E-state index contributed by atoms with van der Waals surface area (Å²) in [5.74, 6) is -1.75. The molecule has 3 fully saturated rings. The average Bonchev–Trinajstić information content (AvgIpc) is 3.62. The first-order valence-corrected chi connectivity index (χ1v) is 18.2. The molecular formula is C32H39N3O8Si. The van der Waals surface area contributed by atoms with Crippen LogP contribution < -0.4 is 9.80 Å². The number of ether oxygens (including phenoxy) is 2. The fraction of sp³-hybridized carbons (Fsp3) is 0.500. The van der Waals surface area contributed by atoms with Crippen LogP contribution in [-0.2, 0) is 34.3 Å². The summed E-state index contributed by atoms with van der Waals surface area (Å²) in [6.07, 6.45) is 0.0568. The fourth-order valence-electron chi connectivity index (χ4n) is 7.80. The molecule has 4 heterocycles. The number of anilines is 3. The summed E-state index contributed by atoms with van der Waals surface area (Å²) in [4.78, 5) is 69.1. The second-order valence-electron chi connectivity index (χ2n) is 12.8. The van der Waals surface area contributed by atoms with E-state index < -0.39 is 43.7 Å². The highest BCUT2D eigenvalue weighted by atomic mass is 28.4. The molecule has 11 nitrogen and oxygen atoms in total. The highest BCUT2D eigenvalue weighted by Crippen LogP contribution is 2.61. The molecule has 2 aromatic carbocycles. The Kier molecular flexibility index (Phi) is 7.68. The molecule has 1 unspecified atom stereocenters. The minimum Gasteiger partial charge on any atom is -0.441 e. The molecule has 0 saturated carbocycles. The zero-order chi connectivity index (χ0) is 31.6. The van der Waals surface area contributed by atoms with E-state index in [4.69, 9.17) is 9.47 Å². The van der Waals surface area contributed by atoms with Crippen molar-refractivity contribution < 1.29 is 38.6 Å². The summed E-state index contributed by atoms with van der Waals surface area (Å²) in [5.41, 5.74) is 0.190. The maximum absolute atomic E-state index is 14.8. The van der Waals surface area contributed by atoms with E-state index in [0.717, 1.165) is 12.8 Å². The molecule has 2 aromatic rings. The lowest BCUT2D eigenvalue weighted by Crippen LogP contribution is -2.55. The number of carbonyl (C=O) groups is 4. The molecule has 6 atom stereocenters. The Hall–Kier alpha value is -3.58. The van der Waals surface area contributed by atoms with Crippen molar-refractivity contribution in [3.63, 3.8) is 0 Å². The van der Waals surface area contributed by atoms with Crippen molar-refractivity contribution in [1.82, 2.24) is 4.90 Å². The number of esters is 1. The normalized spacial score (nSPS) is 29.8. The first-order chi connectivity index (χ1) is 20.9. The number of likely N-dealkylation sites (tertiary alicyclic amines) is 1. The number of benzene rings is 2. The zero-order valence-electron chi connectivity index (χ0n) is 25.4.